The van der Waals surface area contributed by atoms with E-state index in [1.165, 1.54) is 0 Å². The van der Waals surface area contributed by atoms with Crippen molar-refractivity contribution in [2.45, 2.75) is 32.0 Å². The highest BCUT2D eigenvalue weighted by Gasteiger charge is 2.23. The minimum absolute atomic E-state index is 0.0529. The van der Waals surface area contributed by atoms with Crippen molar-refractivity contribution in [3.63, 3.8) is 0 Å². The number of carbonyl (C=O) groups is 1. The maximum absolute atomic E-state index is 11.5. The fraction of sp³-hybridized carbons (Fsp3) is 0.556. The van der Waals surface area contributed by atoms with Crippen LogP contribution in [0.2, 0.25) is 0 Å². The lowest BCUT2D eigenvalue weighted by Gasteiger charge is -2.06. The van der Waals surface area contributed by atoms with Crippen molar-refractivity contribution >= 4 is 18.1 Å². The molecule has 1 aliphatic carbocycles. The first-order chi connectivity index (χ1) is 7.20. The van der Waals surface area contributed by atoms with Crippen LogP contribution in [0.25, 0.3) is 0 Å². The standard InChI is InChI=1S/C9H13N3O2S/c13-5-7-3-10-9(15)12(7)4-8(14)11-6-1-2-6/h3,6,13H,1-2,4-5H2,(H,10,15)(H,11,14). The van der Waals surface area contributed by atoms with E-state index in [1.807, 2.05) is 0 Å². The van der Waals surface area contributed by atoms with Gasteiger partial charge in [0.25, 0.3) is 0 Å². The second-order valence-corrected chi connectivity index (χ2v) is 4.06. The monoisotopic (exact) mass is 227 g/mol. The van der Waals surface area contributed by atoms with Gasteiger partial charge in [-0.25, -0.2) is 0 Å². The molecule has 0 aliphatic heterocycles. The molecule has 15 heavy (non-hydrogen) atoms. The molecule has 0 bridgehead atoms. The summed E-state index contributed by atoms with van der Waals surface area (Å²) >= 11 is 5.00. The first kappa shape index (κ1) is 10.4. The van der Waals surface area contributed by atoms with E-state index >= 15 is 0 Å². The molecule has 1 aromatic rings. The van der Waals surface area contributed by atoms with Crippen LogP contribution >= 0.6 is 12.2 Å². The van der Waals surface area contributed by atoms with E-state index in [9.17, 15) is 4.79 Å². The van der Waals surface area contributed by atoms with Crippen molar-refractivity contribution in [2.24, 2.45) is 0 Å². The Morgan fingerprint density at radius 2 is 2.47 bits per heavy atom. The normalized spacial score (nSPS) is 15.3. The lowest BCUT2D eigenvalue weighted by Crippen LogP contribution is -2.29. The summed E-state index contributed by atoms with van der Waals surface area (Å²) in [4.78, 5) is 14.3. The lowest BCUT2D eigenvalue weighted by molar-refractivity contribution is -0.121. The second kappa shape index (κ2) is 4.16. The highest BCUT2D eigenvalue weighted by atomic mass is 32.1. The molecule has 1 amide bonds. The van der Waals surface area contributed by atoms with Crippen molar-refractivity contribution in [3.8, 4) is 0 Å². The number of rotatable bonds is 4. The average molecular weight is 227 g/mol. The van der Waals surface area contributed by atoms with Gasteiger partial charge in [0.1, 0.15) is 6.54 Å². The maximum Gasteiger partial charge on any atom is 0.240 e. The van der Waals surface area contributed by atoms with E-state index in [2.05, 4.69) is 10.3 Å². The third kappa shape index (κ3) is 2.45. The van der Waals surface area contributed by atoms with Crippen LogP contribution in [-0.2, 0) is 17.9 Å². The molecule has 3 N–H and O–H groups in total. The fourth-order valence-corrected chi connectivity index (χ4v) is 1.62. The van der Waals surface area contributed by atoms with Gasteiger partial charge in [0.15, 0.2) is 4.77 Å². The topological polar surface area (TPSA) is 70.0 Å². The van der Waals surface area contributed by atoms with Crippen LogP contribution in [0.1, 0.15) is 18.5 Å². The van der Waals surface area contributed by atoms with Crippen LogP contribution < -0.4 is 5.32 Å². The Bertz CT molecular complexity index is 419. The summed E-state index contributed by atoms with van der Waals surface area (Å²) in [6, 6.07) is 0.350. The molecule has 0 spiro atoms. The van der Waals surface area contributed by atoms with Gasteiger partial charge in [0.2, 0.25) is 5.91 Å². The molecule has 0 unspecified atom stereocenters. The van der Waals surface area contributed by atoms with E-state index in [0.717, 1.165) is 12.8 Å². The lowest BCUT2D eigenvalue weighted by atomic mass is 10.4. The van der Waals surface area contributed by atoms with Crippen molar-refractivity contribution in [1.29, 1.82) is 0 Å². The summed E-state index contributed by atoms with van der Waals surface area (Å²) in [5.41, 5.74) is 0.631. The second-order valence-electron chi connectivity index (χ2n) is 3.67. The Hall–Kier alpha value is -1.14. The number of aromatic nitrogens is 2. The van der Waals surface area contributed by atoms with E-state index in [4.69, 9.17) is 17.3 Å². The van der Waals surface area contributed by atoms with E-state index in [0.29, 0.717) is 16.5 Å². The molecule has 82 valence electrons. The summed E-state index contributed by atoms with van der Waals surface area (Å²) in [7, 11) is 0. The summed E-state index contributed by atoms with van der Waals surface area (Å²) < 4.78 is 2.07. The zero-order chi connectivity index (χ0) is 10.8. The molecule has 0 atom stereocenters. The Labute approximate surface area is 92.1 Å². The molecule has 1 saturated carbocycles. The highest BCUT2D eigenvalue weighted by molar-refractivity contribution is 7.71. The molecular weight excluding hydrogens is 214 g/mol. The largest absolute Gasteiger partial charge is 0.390 e. The molecular formula is C9H13N3O2S. The first-order valence-electron chi connectivity index (χ1n) is 4.88. The number of hydrogen-bond donors (Lipinski definition) is 3. The molecule has 5 nitrogen and oxygen atoms in total. The Morgan fingerprint density at radius 1 is 1.73 bits per heavy atom. The number of nitrogens with one attached hydrogen (secondary N) is 2. The zero-order valence-corrected chi connectivity index (χ0v) is 9.01. The smallest absolute Gasteiger partial charge is 0.240 e. The van der Waals surface area contributed by atoms with E-state index in [-0.39, 0.29) is 19.1 Å². The zero-order valence-electron chi connectivity index (χ0n) is 8.19. The highest BCUT2D eigenvalue weighted by Crippen LogP contribution is 2.18. The van der Waals surface area contributed by atoms with Gasteiger partial charge >= 0.3 is 0 Å². The number of H-pyrrole nitrogens is 1. The van der Waals surface area contributed by atoms with Gasteiger partial charge in [-0.15, -0.1) is 0 Å². The van der Waals surface area contributed by atoms with Crippen LogP contribution in [-0.4, -0.2) is 26.6 Å². The van der Waals surface area contributed by atoms with Gasteiger partial charge in [-0.3, -0.25) is 4.79 Å². The van der Waals surface area contributed by atoms with Crippen LogP contribution in [0.4, 0.5) is 0 Å². The Balaban J connectivity index is 2.04. The third-order valence-corrected chi connectivity index (χ3v) is 2.70. The Kier molecular flexibility index (Phi) is 2.88. The quantitative estimate of drug-likeness (QED) is 0.649. The van der Waals surface area contributed by atoms with Crippen molar-refractivity contribution in [1.82, 2.24) is 14.9 Å². The minimum atomic E-state index is -0.121. The molecule has 2 rings (SSSR count). The van der Waals surface area contributed by atoms with Gasteiger partial charge in [0.05, 0.1) is 12.3 Å². The molecule has 6 heteroatoms. The number of amides is 1. The number of nitrogens with zero attached hydrogens (tertiary/aromatic N) is 1. The van der Waals surface area contributed by atoms with Crippen molar-refractivity contribution in [2.75, 3.05) is 0 Å². The molecule has 0 saturated heterocycles. The fourth-order valence-electron chi connectivity index (χ4n) is 1.38. The van der Waals surface area contributed by atoms with Crippen LogP contribution in [0, 0.1) is 4.77 Å². The minimum Gasteiger partial charge on any atom is -0.390 e. The summed E-state index contributed by atoms with van der Waals surface area (Å²) in [5, 5.41) is 11.9. The van der Waals surface area contributed by atoms with E-state index < -0.39 is 0 Å². The first-order valence-corrected chi connectivity index (χ1v) is 5.29. The van der Waals surface area contributed by atoms with Gasteiger partial charge in [-0.2, -0.15) is 0 Å². The van der Waals surface area contributed by atoms with Gasteiger partial charge in [0, 0.05) is 12.2 Å². The SMILES string of the molecule is O=C(Cn1c(CO)c[nH]c1=S)NC1CC1. The van der Waals surface area contributed by atoms with Crippen molar-refractivity contribution in [3.05, 3.63) is 16.7 Å². The summed E-state index contributed by atoms with van der Waals surface area (Å²) in [5.74, 6) is -0.0529. The molecule has 1 aliphatic rings. The molecule has 1 aromatic heterocycles. The summed E-state index contributed by atoms with van der Waals surface area (Å²) in [6.45, 7) is 0.0541. The third-order valence-electron chi connectivity index (χ3n) is 2.36. The van der Waals surface area contributed by atoms with Crippen molar-refractivity contribution < 1.29 is 9.90 Å². The van der Waals surface area contributed by atoms with Gasteiger partial charge in [-0.05, 0) is 25.1 Å². The number of imidazole rings is 1. The maximum atomic E-state index is 11.5. The predicted molar refractivity (Wildman–Crippen MR) is 56.7 cm³/mol. The molecule has 0 aromatic carbocycles. The predicted octanol–water partition coefficient (Wildman–Crippen LogP) is 0.317. The van der Waals surface area contributed by atoms with Crippen LogP contribution in [0.15, 0.2) is 6.20 Å². The van der Waals surface area contributed by atoms with Crippen LogP contribution in [0.5, 0.6) is 0 Å². The molecule has 0 radical (unpaired) electrons. The number of aromatic amines is 1. The average Bonchev–Trinajstić information content (AvgIpc) is 2.94. The molecule has 1 fully saturated rings. The summed E-state index contributed by atoms with van der Waals surface area (Å²) in [6.07, 6.45) is 3.75. The van der Waals surface area contributed by atoms with Gasteiger partial charge < -0.3 is 20.0 Å². The number of aliphatic hydroxyl groups excluding tert-OH is 1. The number of aliphatic hydroxyl groups is 1. The molecule has 1 heterocycles. The number of carbonyl (C=O) groups excluding carboxylic acids is 1. The van der Waals surface area contributed by atoms with Crippen LogP contribution in [0.3, 0.4) is 0 Å². The Morgan fingerprint density at radius 3 is 3.07 bits per heavy atom. The van der Waals surface area contributed by atoms with Gasteiger partial charge in [-0.1, -0.05) is 0 Å². The van der Waals surface area contributed by atoms with E-state index in [1.54, 1.807) is 10.8 Å². The number of hydrogen-bond acceptors (Lipinski definition) is 3.